The van der Waals surface area contributed by atoms with Crippen molar-refractivity contribution < 1.29 is 9.53 Å². The van der Waals surface area contributed by atoms with Gasteiger partial charge in [-0.05, 0) is 49.2 Å². The minimum Gasteiger partial charge on any atom is -0.380 e. The summed E-state index contributed by atoms with van der Waals surface area (Å²) in [6, 6.07) is 12.5. The highest BCUT2D eigenvalue weighted by Crippen LogP contribution is 2.28. The van der Waals surface area contributed by atoms with Crippen molar-refractivity contribution >= 4 is 34.9 Å². The van der Waals surface area contributed by atoms with Crippen molar-refractivity contribution in [2.45, 2.75) is 26.0 Å². The number of carbonyl (C=O) groups excluding carboxylic acids is 1. The van der Waals surface area contributed by atoms with Crippen LogP contribution >= 0.6 is 23.2 Å². The second-order valence-electron chi connectivity index (χ2n) is 5.97. The lowest BCUT2D eigenvalue weighted by Crippen LogP contribution is -2.43. The van der Waals surface area contributed by atoms with Crippen LogP contribution in [-0.4, -0.2) is 13.1 Å². The molecular formula is C18H20Cl2N2O2. The minimum atomic E-state index is -0.609. The first-order chi connectivity index (χ1) is 11.3. The van der Waals surface area contributed by atoms with Gasteiger partial charge in [0.25, 0.3) is 0 Å². The van der Waals surface area contributed by atoms with E-state index in [2.05, 4.69) is 10.6 Å². The van der Waals surface area contributed by atoms with Crippen molar-refractivity contribution in [3.05, 3.63) is 63.6 Å². The molecular weight excluding hydrogens is 347 g/mol. The van der Waals surface area contributed by atoms with Gasteiger partial charge in [0.1, 0.15) is 0 Å². The lowest BCUT2D eigenvalue weighted by molar-refractivity contribution is 0.185. The van der Waals surface area contributed by atoms with E-state index in [0.717, 1.165) is 11.1 Å². The van der Waals surface area contributed by atoms with Gasteiger partial charge in [0, 0.05) is 12.8 Å². The Hall–Kier alpha value is -1.75. The van der Waals surface area contributed by atoms with Gasteiger partial charge >= 0.3 is 6.03 Å². The average Bonchev–Trinajstić information content (AvgIpc) is 2.50. The third-order valence-electron chi connectivity index (χ3n) is 3.56. The molecule has 2 N–H and O–H groups in total. The smallest absolute Gasteiger partial charge is 0.319 e. The standard InChI is InChI=1S/C18H20Cl2N2O2/c1-18(2,13-7-8-15(19)16(20)10-13)22-17(23)21-14-6-4-5-12(9-14)11-24-3/h4-10H,11H2,1-3H3,(H2,21,22,23). The molecule has 6 heteroatoms. The van der Waals surface area contributed by atoms with Crippen LogP contribution < -0.4 is 10.6 Å². The predicted molar refractivity (Wildman–Crippen MR) is 98.8 cm³/mol. The molecule has 0 saturated carbocycles. The highest BCUT2D eigenvalue weighted by molar-refractivity contribution is 6.42. The Kier molecular flexibility index (Phi) is 6.10. The van der Waals surface area contributed by atoms with E-state index in [1.807, 2.05) is 44.2 Å². The highest BCUT2D eigenvalue weighted by Gasteiger charge is 2.23. The summed E-state index contributed by atoms with van der Waals surface area (Å²) in [5.74, 6) is 0. The summed E-state index contributed by atoms with van der Waals surface area (Å²) in [6.07, 6.45) is 0. The van der Waals surface area contributed by atoms with Crippen LogP contribution in [0, 0.1) is 0 Å². The number of urea groups is 1. The molecule has 0 heterocycles. The zero-order valence-electron chi connectivity index (χ0n) is 13.8. The van der Waals surface area contributed by atoms with Gasteiger partial charge in [-0.2, -0.15) is 0 Å². The van der Waals surface area contributed by atoms with E-state index >= 15 is 0 Å². The fraction of sp³-hybridized carbons (Fsp3) is 0.278. The summed E-state index contributed by atoms with van der Waals surface area (Å²) < 4.78 is 5.10. The Bertz CT molecular complexity index is 733. The van der Waals surface area contributed by atoms with Crippen LogP contribution in [0.25, 0.3) is 0 Å². The summed E-state index contributed by atoms with van der Waals surface area (Å²) in [5, 5.41) is 6.70. The van der Waals surface area contributed by atoms with Gasteiger partial charge in [0.05, 0.1) is 22.2 Å². The summed E-state index contributed by atoms with van der Waals surface area (Å²) in [4.78, 5) is 12.3. The first-order valence-electron chi connectivity index (χ1n) is 7.44. The summed E-state index contributed by atoms with van der Waals surface area (Å²) >= 11 is 12.0. The molecule has 0 aliphatic heterocycles. The molecule has 0 bridgehead atoms. The summed E-state index contributed by atoms with van der Waals surface area (Å²) in [5.41, 5.74) is 1.94. The van der Waals surface area contributed by atoms with Gasteiger partial charge in [0.2, 0.25) is 0 Å². The summed E-state index contributed by atoms with van der Waals surface area (Å²) in [7, 11) is 1.63. The number of hydrogen-bond donors (Lipinski definition) is 2. The van der Waals surface area contributed by atoms with Crippen LogP contribution in [0.4, 0.5) is 10.5 Å². The van der Waals surface area contributed by atoms with E-state index in [-0.39, 0.29) is 6.03 Å². The number of amides is 2. The van der Waals surface area contributed by atoms with E-state index in [9.17, 15) is 4.79 Å². The normalized spacial score (nSPS) is 11.2. The van der Waals surface area contributed by atoms with E-state index < -0.39 is 5.54 Å². The Labute approximate surface area is 152 Å². The molecule has 2 aromatic rings. The number of anilines is 1. The summed E-state index contributed by atoms with van der Waals surface area (Å²) in [6.45, 7) is 4.28. The quantitative estimate of drug-likeness (QED) is 0.764. The van der Waals surface area contributed by atoms with Crippen LogP contribution in [0.5, 0.6) is 0 Å². The van der Waals surface area contributed by atoms with Gasteiger partial charge in [-0.25, -0.2) is 4.79 Å². The van der Waals surface area contributed by atoms with Crippen LogP contribution in [-0.2, 0) is 16.9 Å². The predicted octanol–water partition coefficient (Wildman–Crippen LogP) is 5.20. The Morgan fingerprint density at radius 3 is 2.54 bits per heavy atom. The number of hydrogen-bond acceptors (Lipinski definition) is 2. The van der Waals surface area contributed by atoms with Crippen LogP contribution in [0.2, 0.25) is 10.0 Å². The van der Waals surface area contributed by atoms with E-state index in [4.69, 9.17) is 27.9 Å². The van der Waals surface area contributed by atoms with Crippen LogP contribution in [0.1, 0.15) is 25.0 Å². The van der Waals surface area contributed by atoms with Gasteiger partial charge in [-0.3, -0.25) is 0 Å². The monoisotopic (exact) mass is 366 g/mol. The van der Waals surface area contributed by atoms with Crippen molar-refractivity contribution in [1.82, 2.24) is 5.32 Å². The van der Waals surface area contributed by atoms with Gasteiger partial charge in [-0.15, -0.1) is 0 Å². The maximum atomic E-state index is 12.3. The van der Waals surface area contributed by atoms with Crippen molar-refractivity contribution in [3.63, 3.8) is 0 Å². The van der Waals surface area contributed by atoms with Crippen LogP contribution in [0.15, 0.2) is 42.5 Å². The maximum Gasteiger partial charge on any atom is 0.319 e. The molecule has 2 amide bonds. The number of benzene rings is 2. The zero-order valence-corrected chi connectivity index (χ0v) is 15.3. The lowest BCUT2D eigenvalue weighted by Gasteiger charge is -2.27. The number of methoxy groups -OCH3 is 1. The molecule has 0 spiro atoms. The van der Waals surface area contributed by atoms with Gasteiger partial charge in [0.15, 0.2) is 0 Å². The average molecular weight is 367 g/mol. The highest BCUT2D eigenvalue weighted by atomic mass is 35.5. The Morgan fingerprint density at radius 2 is 1.88 bits per heavy atom. The molecule has 0 aromatic heterocycles. The number of nitrogens with one attached hydrogen (secondary N) is 2. The van der Waals surface area contributed by atoms with Gasteiger partial charge in [-0.1, -0.05) is 41.4 Å². The third kappa shape index (κ3) is 4.87. The second kappa shape index (κ2) is 7.88. The fourth-order valence-corrected chi connectivity index (χ4v) is 2.61. The molecule has 0 unspecified atom stereocenters. The number of halogens is 2. The Morgan fingerprint density at radius 1 is 1.12 bits per heavy atom. The molecule has 0 fully saturated rings. The third-order valence-corrected chi connectivity index (χ3v) is 4.30. The molecule has 0 atom stereocenters. The number of ether oxygens (including phenoxy) is 1. The Balaban J connectivity index is 2.07. The molecule has 2 rings (SSSR count). The number of rotatable bonds is 5. The van der Waals surface area contributed by atoms with Crippen molar-refractivity contribution in [2.24, 2.45) is 0 Å². The van der Waals surface area contributed by atoms with Crippen molar-refractivity contribution in [3.8, 4) is 0 Å². The van der Waals surface area contributed by atoms with E-state index in [1.54, 1.807) is 19.2 Å². The maximum absolute atomic E-state index is 12.3. The lowest BCUT2D eigenvalue weighted by atomic mass is 9.94. The molecule has 128 valence electrons. The molecule has 2 aromatic carbocycles. The first-order valence-corrected chi connectivity index (χ1v) is 8.20. The second-order valence-corrected chi connectivity index (χ2v) is 6.78. The van der Waals surface area contributed by atoms with Crippen LogP contribution in [0.3, 0.4) is 0 Å². The SMILES string of the molecule is COCc1cccc(NC(=O)NC(C)(C)c2ccc(Cl)c(Cl)c2)c1. The van der Waals surface area contributed by atoms with E-state index in [0.29, 0.717) is 22.3 Å². The zero-order chi connectivity index (χ0) is 17.7. The molecule has 0 aliphatic rings. The molecule has 0 radical (unpaired) electrons. The van der Waals surface area contributed by atoms with Crippen molar-refractivity contribution in [2.75, 3.05) is 12.4 Å². The molecule has 0 aliphatic carbocycles. The molecule has 4 nitrogen and oxygen atoms in total. The topological polar surface area (TPSA) is 50.4 Å². The molecule has 24 heavy (non-hydrogen) atoms. The molecule has 0 saturated heterocycles. The van der Waals surface area contributed by atoms with Gasteiger partial charge < -0.3 is 15.4 Å². The minimum absolute atomic E-state index is 0.305. The largest absolute Gasteiger partial charge is 0.380 e. The number of carbonyl (C=O) groups is 1. The van der Waals surface area contributed by atoms with E-state index in [1.165, 1.54) is 0 Å². The van der Waals surface area contributed by atoms with Crippen molar-refractivity contribution in [1.29, 1.82) is 0 Å². The fourth-order valence-electron chi connectivity index (χ4n) is 2.31. The first kappa shape index (κ1) is 18.6.